The maximum Gasteiger partial charge on any atom is 0.220 e. The number of hydrogen-bond donors (Lipinski definition) is 2. The van der Waals surface area contributed by atoms with Crippen molar-refractivity contribution in [3.8, 4) is 0 Å². The zero-order valence-electron chi connectivity index (χ0n) is 17.1. The fourth-order valence-electron chi connectivity index (χ4n) is 4.04. The molecule has 3 rings (SSSR count). The first kappa shape index (κ1) is 21.4. The summed E-state index contributed by atoms with van der Waals surface area (Å²) in [4.78, 5) is 13.0. The fraction of sp³-hybridized carbons (Fsp3) is 0.579. The number of amides is 1. The first-order valence-corrected chi connectivity index (χ1v) is 11.5. The van der Waals surface area contributed by atoms with Crippen LogP contribution in [0.2, 0.25) is 0 Å². The normalized spacial score (nSPS) is 21.2. The molecule has 1 atom stereocenters. The van der Waals surface area contributed by atoms with Gasteiger partial charge in [-0.05, 0) is 29.5 Å². The quantitative estimate of drug-likeness (QED) is 0.643. The van der Waals surface area contributed by atoms with Crippen molar-refractivity contribution in [2.24, 2.45) is 17.6 Å². The second-order valence-electron chi connectivity index (χ2n) is 8.15. The lowest BCUT2D eigenvalue weighted by Crippen LogP contribution is -3.14. The molecule has 0 aliphatic carbocycles. The highest BCUT2D eigenvalue weighted by Gasteiger charge is 2.37. The second kappa shape index (κ2) is 8.58. The number of benzene rings is 1. The SMILES string of the molecule is Cc1ccc(S(=O)(=O)Cn2nnnc2[C@H](C(C)C)[NH+]2CCC(C(N)=O)CC2)cc1. The number of nitrogens with one attached hydrogen (secondary N) is 1. The van der Waals surface area contributed by atoms with Crippen LogP contribution in [0.4, 0.5) is 0 Å². The molecule has 3 N–H and O–H groups in total. The summed E-state index contributed by atoms with van der Waals surface area (Å²) in [6.07, 6.45) is 1.44. The summed E-state index contributed by atoms with van der Waals surface area (Å²) >= 11 is 0. The van der Waals surface area contributed by atoms with E-state index in [-0.39, 0.29) is 34.6 Å². The van der Waals surface area contributed by atoms with Gasteiger partial charge in [-0.1, -0.05) is 31.5 Å². The van der Waals surface area contributed by atoms with Gasteiger partial charge in [0.1, 0.15) is 0 Å². The van der Waals surface area contributed by atoms with E-state index in [1.165, 1.54) is 9.58 Å². The molecule has 0 spiro atoms. The van der Waals surface area contributed by atoms with Gasteiger partial charge in [0.05, 0.1) is 18.0 Å². The van der Waals surface area contributed by atoms with Gasteiger partial charge < -0.3 is 10.6 Å². The summed E-state index contributed by atoms with van der Waals surface area (Å²) in [5.41, 5.74) is 6.45. The molecule has 2 heterocycles. The average Bonchev–Trinajstić information content (AvgIpc) is 3.09. The standard InChI is InChI=1S/C19H28N6O3S/c1-13(2)17(24-10-8-15(9-11-24)18(20)26)19-21-22-23-25(19)12-29(27,28)16-6-4-14(3)5-7-16/h4-7,13,15,17H,8-12H2,1-3H3,(H2,20,26)/p+1/t17-/m0/s1. The molecular weight excluding hydrogens is 392 g/mol. The molecule has 29 heavy (non-hydrogen) atoms. The van der Waals surface area contributed by atoms with Crippen LogP contribution in [0.15, 0.2) is 29.2 Å². The minimum absolute atomic E-state index is 0.0629. The van der Waals surface area contributed by atoms with E-state index < -0.39 is 9.84 Å². The number of piperidine rings is 1. The highest BCUT2D eigenvalue weighted by molar-refractivity contribution is 7.90. The summed E-state index contributed by atoms with van der Waals surface area (Å²) < 4.78 is 27.1. The van der Waals surface area contributed by atoms with Crippen LogP contribution in [0.3, 0.4) is 0 Å². The number of nitrogens with two attached hydrogens (primary N) is 1. The number of quaternary nitrogens is 1. The maximum absolute atomic E-state index is 12.9. The van der Waals surface area contributed by atoms with Crippen molar-refractivity contribution >= 4 is 15.7 Å². The summed E-state index contributed by atoms with van der Waals surface area (Å²) in [7, 11) is -3.58. The number of hydrogen-bond acceptors (Lipinski definition) is 6. The number of tetrazole rings is 1. The second-order valence-corrected chi connectivity index (χ2v) is 10.1. The number of aryl methyl sites for hydroxylation is 1. The summed E-state index contributed by atoms with van der Waals surface area (Å²) in [6, 6.07) is 6.70. The molecular formula is C19H29N6O3S+. The smallest absolute Gasteiger partial charge is 0.220 e. The van der Waals surface area contributed by atoms with Gasteiger partial charge in [-0.25, -0.2) is 13.1 Å². The Morgan fingerprint density at radius 1 is 1.24 bits per heavy atom. The molecule has 2 aromatic rings. The Morgan fingerprint density at radius 2 is 1.86 bits per heavy atom. The van der Waals surface area contributed by atoms with Crippen LogP contribution in [0, 0.1) is 18.8 Å². The van der Waals surface area contributed by atoms with Crippen LogP contribution in [-0.4, -0.2) is 47.6 Å². The molecule has 1 aromatic carbocycles. The van der Waals surface area contributed by atoms with E-state index in [0.717, 1.165) is 31.5 Å². The highest BCUT2D eigenvalue weighted by Crippen LogP contribution is 2.21. The number of carbonyl (C=O) groups is 1. The number of likely N-dealkylation sites (tertiary alicyclic amines) is 1. The number of rotatable bonds is 7. The zero-order valence-corrected chi connectivity index (χ0v) is 17.9. The summed E-state index contributed by atoms with van der Waals surface area (Å²) in [5, 5.41) is 11.9. The summed E-state index contributed by atoms with van der Waals surface area (Å²) in [5.74, 6) is 0.104. The van der Waals surface area contributed by atoms with Gasteiger partial charge in [-0.2, -0.15) is 0 Å². The van der Waals surface area contributed by atoms with E-state index in [0.29, 0.717) is 5.82 Å². The Labute approximate surface area is 171 Å². The molecule has 1 saturated heterocycles. The van der Waals surface area contributed by atoms with E-state index in [9.17, 15) is 13.2 Å². The van der Waals surface area contributed by atoms with Crippen molar-refractivity contribution in [1.29, 1.82) is 0 Å². The van der Waals surface area contributed by atoms with Crippen molar-refractivity contribution in [1.82, 2.24) is 20.2 Å². The lowest BCUT2D eigenvalue weighted by Gasteiger charge is -2.35. The monoisotopic (exact) mass is 421 g/mol. The van der Waals surface area contributed by atoms with Crippen LogP contribution in [-0.2, 0) is 20.5 Å². The van der Waals surface area contributed by atoms with Crippen LogP contribution in [0.1, 0.15) is 44.1 Å². The van der Waals surface area contributed by atoms with Gasteiger partial charge in [0.25, 0.3) is 0 Å². The number of carbonyl (C=O) groups excluding carboxylic acids is 1. The van der Waals surface area contributed by atoms with Crippen LogP contribution >= 0.6 is 0 Å². The lowest BCUT2D eigenvalue weighted by molar-refractivity contribution is -0.941. The van der Waals surface area contributed by atoms with E-state index in [1.807, 2.05) is 6.92 Å². The molecule has 9 nitrogen and oxygen atoms in total. The zero-order chi connectivity index (χ0) is 21.2. The largest absolute Gasteiger partial charge is 0.369 e. The number of nitrogens with zero attached hydrogens (tertiary/aromatic N) is 4. The molecule has 0 unspecified atom stereocenters. The third-order valence-electron chi connectivity index (χ3n) is 5.65. The fourth-order valence-corrected chi connectivity index (χ4v) is 5.25. The Kier molecular flexibility index (Phi) is 6.33. The van der Waals surface area contributed by atoms with E-state index in [1.54, 1.807) is 24.3 Å². The van der Waals surface area contributed by atoms with Crippen LogP contribution in [0.5, 0.6) is 0 Å². The van der Waals surface area contributed by atoms with Crippen molar-refractivity contribution in [2.45, 2.75) is 50.4 Å². The minimum Gasteiger partial charge on any atom is -0.369 e. The number of sulfone groups is 1. The molecule has 1 aliphatic rings. The maximum atomic E-state index is 12.9. The van der Waals surface area contributed by atoms with Crippen LogP contribution < -0.4 is 10.6 Å². The Balaban J connectivity index is 1.83. The van der Waals surface area contributed by atoms with Crippen molar-refractivity contribution in [3.63, 3.8) is 0 Å². The molecule has 10 heteroatoms. The number of primary amides is 1. The first-order chi connectivity index (χ1) is 13.7. The van der Waals surface area contributed by atoms with Gasteiger partial charge >= 0.3 is 0 Å². The third kappa shape index (κ3) is 4.81. The Hall–Kier alpha value is -2.33. The molecule has 1 aromatic heterocycles. The van der Waals surface area contributed by atoms with Gasteiger partial charge in [-0.15, -0.1) is 5.10 Å². The van der Waals surface area contributed by atoms with Gasteiger partial charge in [0.2, 0.25) is 11.7 Å². The molecule has 0 bridgehead atoms. The van der Waals surface area contributed by atoms with Gasteiger partial charge in [0.15, 0.2) is 21.8 Å². The molecule has 0 radical (unpaired) electrons. The number of aromatic nitrogens is 4. The highest BCUT2D eigenvalue weighted by atomic mass is 32.2. The van der Waals surface area contributed by atoms with Gasteiger partial charge in [0, 0.05) is 24.7 Å². The predicted molar refractivity (Wildman–Crippen MR) is 106 cm³/mol. The summed E-state index contributed by atoms with van der Waals surface area (Å²) in [6.45, 7) is 7.60. The lowest BCUT2D eigenvalue weighted by atomic mass is 9.92. The molecule has 158 valence electrons. The van der Waals surface area contributed by atoms with Crippen LogP contribution in [0.25, 0.3) is 0 Å². The molecule has 0 saturated carbocycles. The van der Waals surface area contributed by atoms with E-state index in [4.69, 9.17) is 5.73 Å². The third-order valence-corrected chi connectivity index (χ3v) is 7.22. The van der Waals surface area contributed by atoms with Gasteiger partial charge in [-0.3, -0.25) is 4.79 Å². The molecule has 1 fully saturated rings. The molecule has 1 aliphatic heterocycles. The minimum atomic E-state index is -3.58. The molecule has 1 amide bonds. The van der Waals surface area contributed by atoms with Crippen molar-refractivity contribution in [2.75, 3.05) is 13.1 Å². The first-order valence-electron chi connectivity index (χ1n) is 9.88. The Bertz CT molecular complexity index is 947. The Morgan fingerprint density at radius 3 is 2.41 bits per heavy atom. The van der Waals surface area contributed by atoms with E-state index >= 15 is 0 Å². The van der Waals surface area contributed by atoms with Crippen molar-refractivity contribution < 1.29 is 18.1 Å². The predicted octanol–water partition coefficient (Wildman–Crippen LogP) is -0.110. The van der Waals surface area contributed by atoms with Crippen molar-refractivity contribution in [3.05, 3.63) is 35.7 Å². The topological polar surface area (TPSA) is 125 Å². The average molecular weight is 422 g/mol. The van der Waals surface area contributed by atoms with E-state index in [2.05, 4.69) is 29.4 Å².